The zero-order chi connectivity index (χ0) is 23.3. The summed E-state index contributed by atoms with van der Waals surface area (Å²) in [6.45, 7) is 10.8. The number of hydrogen-bond acceptors (Lipinski definition) is 5. The van der Waals surface area contributed by atoms with E-state index in [2.05, 4.69) is 66.0 Å². The Kier molecular flexibility index (Phi) is 5.40. The van der Waals surface area contributed by atoms with E-state index < -0.39 is 0 Å². The summed E-state index contributed by atoms with van der Waals surface area (Å²) in [5.74, 6) is 0.441. The summed E-state index contributed by atoms with van der Waals surface area (Å²) in [6.07, 6.45) is 5.64. The van der Waals surface area contributed by atoms with Crippen molar-refractivity contribution in [1.82, 2.24) is 29.5 Å². The SMILES string of the molecule is Cc1c(-c2[nH]c3ccc(C4CCN(CC(N)=O)CC4)nc3c2C(C)C)cn2ncnc2c1C. The molecule has 1 fully saturated rings. The minimum Gasteiger partial charge on any atom is -0.369 e. The Hall–Kier alpha value is -3.26. The van der Waals surface area contributed by atoms with Gasteiger partial charge in [0.15, 0.2) is 5.65 Å². The first-order chi connectivity index (χ1) is 15.8. The van der Waals surface area contributed by atoms with Gasteiger partial charge in [0.25, 0.3) is 0 Å². The molecule has 0 radical (unpaired) electrons. The minimum atomic E-state index is -0.260. The molecule has 4 aromatic rings. The molecule has 1 aliphatic heterocycles. The maximum absolute atomic E-state index is 11.2. The molecule has 1 saturated heterocycles. The average molecular weight is 446 g/mol. The lowest BCUT2D eigenvalue weighted by atomic mass is 9.92. The first-order valence-corrected chi connectivity index (χ1v) is 11.7. The maximum Gasteiger partial charge on any atom is 0.231 e. The van der Waals surface area contributed by atoms with Crippen LogP contribution in [0.25, 0.3) is 27.9 Å². The molecule has 5 heterocycles. The van der Waals surface area contributed by atoms with E-state index in [1.165, 1.54) is 11.1 Å². The van der Waals surface area contributed by atoms with Crippen molar-refractivity contribution < 1.29 is 4.79 Å². The summed E-state index contributed by atoms with van der Waals surface area (Å²) >= 11 is 0. The zero-order valence-electron chi connectivity index (χ0n) is 19.7. The molecular formula is C25H31N7O. The third kappa shape index (κ3) is 3.78. The lowest BCUT2D eigenvalue weighted by molar-refractivity contribution is -0.119. The Balaban J connectivity index is 1.56. The predicted octanol–water partition coefficient (Wildman–Crippen LogP) is 3.68. The highest BCUT2D eigenvalue weighted by molar-refractivity contribution is 5.89. The van der Waals surface area contributed by atoms with Gasteiger partial charge >= 0.3 is 0 Å². The van der Waals surface area contributed by atoms with E-state index in [9.17, 15) is 4.79 Å². The third-order valence-electron chi connectivity index (χ3n) is 7.06. The van der Waals surface area contributed by atoms with Gasteiger partial charge in [-0.25, -0.2) is 9.50 Å². The first kappa shape index (κ1) is 21.6. The normalized spacial score (nSPS) is 15.8. The number of fused-ring (bicyclic) bond motifs is 2. The molecule has 1 aliphatic rings. The predicted molar refractivity (Wildman–Crippen MR) is 129 cm³/mol. The molecule has 0 saturated carbocycles. The number of amides is 1. The number of aryl methyl sites for hydroxylation is 1. The average Bonchev–Trinajstić information content (AvgIpc) is 3.40. The molecule has 3 N–H and O–H groups in total. The van der Waals surface area contributed by atoms with Gasteiger partial charge in [0.05, 0.1) is 23.3 Å². The van der Waals surface area contributed by atoms with Crippen molar-refractivity contribution in [2.24, 2.45) is 5.73 Å². The molecule has 4 aromatic heterocycles. The number of carbonyl (C=O) groups excluding carboxylic acids is 1. The van der Waals surface area contributed by atoms with Gasteiger partial charge in [0, 0.05) is 28.9 Å². The second kappa shape index (κ2) is 8.26. The van der Waals surface area contributed by atoms with Crippen LogP contribution in [-0.2, 0) is 4.79 Å². The number of nitrogens with two attached hydrogens (primary N) is 1. The van der Waals surface area contributed by atoms with E-state index in [1.807, 2.05) is 4.52 Å². The van der Waals surface area contributed by atoms with Gasteiger partial charge in [-0.3, -0.25) is 14.7 Å². The number of rotatable bonds is 5. The lowest BCUT2D eigenvalue weighted by Crippen LogP contribution is -2.39. The lowest BCUT2D eigenvalue weighted by Gasteiger charge is -2.30. The van der Waals surface area contributed by atoms with Gasteiger partial charge in [-0.1, -0.05) is 13.8 Å². The number of hydrogen-bond donors (Lipinski definition) is 2. The molecule has 33 heavy (non-hydrogen) atoms. The van der Waals surface area contributed by atoms with E-state index >= 15 is 0 Å². The fourth-order valence-electron chi connectivity index (χ4n) is 5.16. The highest BCUT2D eigenvalue weighted by Gasteiger charge is 2.25. The molecule has 0 aromatic carbocycles. The van der Waals surface area contributed by atoms with E-state index in [0.29, 0.717) is 18.4 Å². The van der Waals surface area contributed by atoms with Crippen LogP contribution in [0.5, 0.6) is 0 Å². The molecule has 1 amide bonds. The summed E-state index contributed by atoms with van der Waals surface area (Å²) in [4.78, 5) is 26.6. The number of H-pyrrole nitrogens is 1. The van der Waals surface area contributed by atoms with Gasteiger partial charge in [-0.2, -0.15) is 5.10 Å². The van der Waals surface area contributed by atoms with Crippen LogP contribution < -0.4 is 5.73 Å². The van der Waals surface area contributed by atoms with Crippen LogP contribution in [0.3, 0.4) is 0 Å². The monoisotopic (exact) mass is 445 g/mol. The Morgan fingerprint density at radius 3 is 2.67 bits per heavy atom. The van der Waals surface area contributed by atoms with Crippen LogP contribution >= 0.6 is 0 Å². The minimum absolute atomic E-state index is 0.260. The van der Waals surface area contributed by atoms with Crippen LogP contribution in [0.4, 0.5) is 0 Å². The number of likely N-dealkylation sites (tertiary alicyclic amines) is 1. The highest BCUT2D eigenvalue weighted by Crippen LogP contribution is 2.38. The highest BCUT2D eigenvalue weighted by atomic mass is 16.1. The van der Waals surface area contributed by atoms with E-state index in [4.69, 9.17) is 10.7 Å². The Bertz CT molecular complexity index is 1340. The maximum atomic E-state index is 11.2. The Morgan fingerprint density at radius 1 is 1.21 bits per heavy atom. The van der Waals surface area contributed by atoms with Crippen LogP contribution in [-0.4, -0.2) is 55.0 Å². The van der Waals surface area contributed by atoms with Crippen molar-refractivity contribution >= 4 is 22.6 Å². The standard InChI is InChI=1S/C25H31N7O/c1-14(2)22-23(18-11-32-25(27-13-28-32)16(4)15(18)3)30-20-6-5-19(29-24(20)22)17-7-9-31(10-8-17)12-21(26)33/h5-6,11,13-14,17,30H,7-10,12H2,1-4H3,(H2,26,33). The third-order valence-corrected chi connectivity index (χ3v) is 7.06. The summed E-state index contributed by atoms with van der Waals surface area (Å²) < 4.78 is 1.85. The van der Waals surface area contributed by atoms with E-state index in [-0.39, 0.29) is 5.91 Å². The fraction of sp³-hybridized carbons (Fsp3) is 0.440. The number of aromatic nitrogens is 5. The number of nitrogens with zero attached hydrogens (tertiary/aromatic N) is 5. The molecule has 0 atom stereocenters. The topological polar surface area (TPSA) is 105 Å². The molecule has 5 rings (SSSR count). The summed E-state index contributed by atoms with van der Waals surface area (Å²) in [5.41, 5.74) is 15.3. The zero-order valence-corrected chi connectivity index (χ0v) is 19.7. The molecule has 0 unspecified atom stereocenters. The summed E-state index contributed by atoms with van der Waals surface area (Å²) in [5, 5.41) is 4.38. The van der Waals surface area contributed by atoms with E-state index in [0.717, 1.165) is 65.1 Å². The van der Waals surface area contributed by atoms with Crippen molar-refractivity contribution in [1.29, 1.82) is 0 Å². The summed E-state index contributed by atoms with van der Waals surface area (Å²) in [7, 11) is 0. The van der Waals surface area contributed by atoms with Crippen molar-refractivity contribution in [3.8, 4) is 11.3 Å². The van der Waals surface area contributed by atoms with Crippen LogP contribution in [0.2, 0.25) is 0 Å². The van der Waals surface area contributed by atoms with Crippen molar-refractivity contribution in [2.45, 2.75) is 52.4 Å². The Labute approximate surface area is 193 Å². The van der Waals surface area contributed by atoms with Gasteiger partial charge in [0.2, 0.25) is 5.91 Å². The van der Waals surface area contributed by atoms with Crippen molar-refractivity contribution in [3.05, 3.63) is 47.0 Å². The quantitative estimate of drug-likeness (QED) is 0.488. The van der Waals surface area contributed by atoms with E-state index in [1.54, 1.807) is 6.33 Å². The number of pyridine rings is 2. The van der Waals surface area contributed by atoms with Crippen molar-refractivity contribution in [2.75, 3.05) is 19.6 Å². The fourth-order valence-corrected chi connectivity index (χ4v) is 5.16. The second-order valence-corrected chi connectivity index (χ2v) is 9.54. The number of aromatic amines is 1. The number of nitrogens with one attached hydrogen (secondary N) is 1. The number of piperidine rings is 1. The van der Waals surface area contributed by atoms with Gasteiger partial charge in [-0.05, 0) is 69.0 Å². The molecule has 0 bridgehead atoms. The van der Waals surface area contributed by atoms with Gasteiger partial charge in [-0.15, -0.1) is 0 Å². The largest absolute Gasteiger partial charge is 0.369 e. The van der Waals surface area contributed by atoms with Gasteiger partial charge in [0.1, 0.15) is 6.33 Å². The second-order valence-electron chi connectivity index (χ2n) is 9.54. The van der Waals surface area contributed by atoms with Crippen molar-refractivity contribution in [3.63, 3.8) is 0 Å². The molecular weight excluding hydrogens is 414 g/mol. The first-order valence-electron chi connectivity index (χ1n) is 11.7. The van der Waals surface area contributed by atoms with Crippen LogP contribution in [0, 0.1) is 13.8 Å². The number of primary amides is 1. The van der Waals surface area contributed by atoms with Gasteiger partial charge < -0.3 is 10.7 Å². The summed E-state index contributed by atoms with van der Waals surface area (Å²) in [6, 6.07) is 4.32. The molecule has 8 nitrogen and oxygen atoms in total. The van der Waals surface area contributed by atoms with Crippen LogP contribution in [0.1, 0.15) is 60.9 Å². The molecule has 0 spiro atoms. The molecule has 0 aliphatic carbocycles. The number of carbonyl (C=O) groups is 1. The smallest absolute Gasteiger partial charge is 0.231 e. The molecule has 8 heteroatoms. The molecule has 172 valence electrons. The van der Waals surface area contributed by atoms with Crippen LogP contribution in [0.15, 0.2) is 24.7 Å². The Morgan fingerprint density at radius 2 is 1.97 bits per heavy atom.